The summed E-state index contributed by atoms with van der Waals surface area (Å²) in [4.78, 5) is 28.5. The summed E-state index contributed by atoms with van der Waals surface area (Å²) in [5, 5.41) is 9.26. The highest BCUT2D eigenvalue weighted by molar-refractivity contribution is 5.79. The molecule has 0 spiro atoms. The van der Waals surface area contributed by atoms with Gasteiger partial charge in [-0.3, -0.25) is 14.5 Å². The molecule has 0 aliphatic carbocycles. The summed E-state index contributed by atoms with van der Waals surface area (Å²) in [5.74, 6) is 0.488. The molecule has 6 heteroatoms. The van der Waals surface area contributed by atoms with Crippen LogP contribution < -0.4 is 5.43 Å². The first kappa shape index (κ1) is 17.0. The zero-order chi connectivity index (χ0) is 16.9. The highest BCUT2D eigenvalue weighted by Gasteiger charge is 2.29. The maximum atomic E-state index is 12.8. The van der Waals surface area contributed by atoms with Crippen LogP contribution in [0.5, 0.6) is 5.75 Å². The van der Waals surface area contributed by atoms with Crippen molar-refractivity contribution in [3.05, 3.63) is 28.3 Å². The summed E-state index contributed by atoms with van der Waals surface area (Å²) in [6.07, 6.45) is 7.67. The molecular weight excluding hydrogens is 308 g/mol. The number of aromatic hydroxyl groups is 1. The van der Waals surface area contributed by atoms with E-state index in [4.69, 9.17) is 4.42 Å². The van der Waals surface area contributed by atoms with Gasteiger partial charge in [0, 0.05) is 25.7 Å². The number of nitrogens with zero attached hydrogens (tertiary/aromatic N) is 2. The van der Waals surface area contributed by atoms with Gasteiger partial charge in [0.2, 0.25) is 11.3 Å². The van der Waals surface area contributed by atoms with Gasteiger partial charge in [-0.25, -0.2) is 0 Å². The Balaban J connectivity index is 1.60. The molecule has 132 valence electrons. The highest BCUT2D eigenvalue weighted by Crippen LogP contribution is 2.22. The molecule has 1 aromatic rings. The van der Waals surface area contributed by atoms with E-state index in [2.05, 4.69) is 4.90 Å². The van der Waals surface area contributed by atoms with Crippen LogP contribution in [0.1, 0.15) is 44.3 Å². The lowest BCUT2D eigenvalue weighted by Gasteiger charge is -2.34. The molecule has 2 aliphatic heterocycles. The third kappa shape index (κ3) is 4.17. The van der Waals surface area contributed by atoms with E-state index in [0.29, 0.717) is 18.8 Å². The molecule has 1 aromatic heterocycles. The van der Waals surface area contributed by atoms with Crippen LogP contribution in [0.2, 0.25) is 0 Å². The van der Waals surface area contributed by atoms with Crippen LogP contribution in [0.3, 0.4) is 0 Å². The second-order valence-electron chi connectivity index (χ2n) is 6.91. The van der Waals surface area contributed by atoms with Crippen LogP contribution in [0.25, 0.3) is 0 Å². The smallest absolute Gasteiger partial charge is 0.226 e. The molecule has 0 aromatic carbocycles. The van der Waals surface area contributed by atoms with Gasteiger partial charge in [0.25, 0.3) is 0 Å². The van der Waals surface area contributed by atoms with E-state index < -0.39 is 5.43 Å². The lowest BCUT2D eigenvalue weighted by Crippen LogP contribution is -2.44. The lowest BCUT2D eigenvalue weighted by atomic mass is 9.96. The molecule has 2 saturated heterocycles. The van der Waals surface area contributed by atoms with Crippen LogP contribution in [-0.4, -0.2) is 47.0 Å². The van der Waals surface area contributed by atoms with Crippen molar-refractivity contribution in [3.8, 4) is 5.75 Å². The number of rotatable bonds is 3. The van der Waals surface area contributed by atoms with Crippen molar-refractivity contribution >= 4 is 5.91 Å². The van der Waals surface area contributed by atoms with Crippen LogP contribution in [0.15, 0.2) is 21.5 Å². The molecule has 24 heavy (non-hydrogen) atoms. The SMILES string of the molecule is O=C([C@H]1CCCN(Cc2cc(=O)c(O)co2)C1)N1CCCCCC1. The lowest BCUT2D eigenvalue weighted by molar-refractivity contribution is -0.137. The molecule has 0 bridgehead atoms. The summed E-state index contributed by atoms with van der Waals surface area (Å²) in [7, 11) is 0. The van der Waals surface area contributed by atoms with E-state index in [1.54, 1.807) is 0 Å². The van der Waals surface area contributed by atoms with Crippen LogP contribution in [0.4, 0.5) is 0 Å². The summed E-state index contributed by atoms with van der Waals surface area (Å²) < 4.78 is 5.28. The zero-order valence-electron chi connectivity index (χ0n) is 14.1. The Morgan fingerprint density at radius 2 is 1.92 bits per heavy atom. The first-order valence-electron chi connectivity index (χ1n) is 8.95. The van der Waals surface area contributed by atoms with E-state index in [1.807, 2.05) is 4.90 Å². The van der Waals surface area contributed by atoms with Crippen LogP contribution in [-0.2, 0) is 11.3 Å². The van der Waals surface area contributed by atoms with E-state index in [1.165, 1.54) is 18.9 Å². The molecule has 2 aliphatic rings. The average molecular weight is 334 g/mol. The first-order chi connectivity index (χ1) is 11.6. The normalized spacial score (nSPS) is 23.0. The van der Waals surface area contributed by atoms with Gasteiger partial charge >= 0.3 is 0 Å². The second kappa shape index (κ2) is 7.83. The van der Waals surface area contributed by atoms with Crippen molar-refractivity contribution in [3.63, 3.8) is 0 Å². The molecule has 0 radical (unpaired) electrons. The van der Waals surface area contributed by atoms with Gasteiger partial charge < -0.3 is 14.4 Å². The fourth-order valence-electron chi connectivity index (χ4n) is 3.70. The minimum Gasteiger partial charge on any atom is -0.502 e. The quantitative estimate of drug-likeness (QED) is 0.915. The van der Waals surface area contributed by atoms with Gasteiger partial charge in [0.05, 0.1) is 12.5 Å². The highest BCUT2D eigenvalue weighted by atomic mass is 16.4. The summed E-state index contributed by atoms with van der Waals surface area (Å²) in [5.41, 5.74) is -0.426. The third-order valence-corrected chi connectivity index (χ3v) is 5.02. The Morgan fingerprint density at radius 1 is 1.17 bits per heavy atom. The molecule has 6 nitrogen and oxygen atoms in total. The van der Waals surface area contributed by atoms with E-state index in [0.717, 1.165) is 51.6 Å². The molecule has 2 fully saturated rings. The van der Waals surface area contributed by atoms with Crippen molar-refractivity contribution in [2.24, 2.45) is 5.92 Å². The predicted octanol–water partition coefficient (Wildman–Crippen LogP) is 1.96. The van der Waals surface area contributed by atoms with Crippen molar-refractivity contribution in [1.82, 2.24) is 9.80 Å². The number of carbonyl (C=O) groups is 1. The maximum Gasteiger partial charge on any atom is 0.226 e. The molecule has 3 rings (SSSR count). The number of amides is 1. The minimum absolute atomic E-state index is 0.0423. The van der Waals surface area contributed by atoms with Gasteiger partial charge in [0.1, 0.15) is 12.0 Å². The average Bonchev–Trinajstić information content (AvgIpc) is 2.87. The van der Waals surface area contributed by atoms with Crippen molar-refractivity contribution in [1.29, 1.82) is 0 Å². The fraction of sp³-hybridized carbons (Fsp3) is 0.667. The fourth-order valence-corrected chi connectivity index (χ4v) is 3.70. The zero-order valence-corrected chi connectivity index (χ0v) is 14.1. The monoisotopic (exact) mass is 334 g/mol. The molecule has 0 saturated carbocycles. The standard InChI is InChI=1S/C18H26N2O4/c21-16-10-15(24-13-17(16)22)12-19-7-5-6-14(11-19)18(23)20-8-3-1-2-4-9-20/h10,13-14,22H,1-9,11-12H2/t14-/m0/s1. The Bertz CT molecular complexity index is 620. The molecule has 1 amide bonds. The Labute approximate surface area is 142 Å². The van der Waals surface area contributed by atoms with Gasteiger partial charge in [-0.2, -0.15) is 0 Å². The maximum absolute atomic E-state index is 12.8. The van der Waals surface area contributed by atoms with Crippen molar-refractivity contribution < 1.29 is 14.3 Å². The Hall–Kier alpha value is -1.82. The molecule has 1 atom stereocenters. The largest absolute Gasteiger partial charge is 0.502 e. The summed E-state index contributed by atoms with van der Waals surface area (Å²) in [6, 6.07) is 1.33. The molecule has 1 N–H and O–H groups in total. The van der Waals surface area contributed by atoms with Crippen molar-refractivity contribution in [2.45, 2.75) is 45.1 Å². The molecule has 3 heterocycles. The molecule has 0 unspecified atom stereocenters. The molecular formula is C18H26N2O4. The number of likely N-dealkylation sites (tertiary alicyclic amines) is 2. The van der Waals surface area contributed by atoms with Crippen LogP contribution in [0, 0.1) is 5.92 Å². The Morgan fingerprint density at radius 3 is 2.62 bits per heavy atom. The predicted molar refractivity (Wildman–Crippen MR) is 89.7 cm³/mol. The van der Waals surface area contributed by atoms with E-state index in [9.17, 15) is 14.7 Å². The van der Waals surface area contributed by atoms with Crippen LogP contribution >= 0.6 is 0 Å². The topological polar surface area (TPSA) is 74.0 Å². The summed E-state index contributed by atoms with van der Waals surface area (Å²) >= 11 is 0. The van der Waals surface area contributed by atoms with Gasteiger partial charge in [-0.1, -0.05) is 12.8 Å². The van der Waals surface area contributed by atoms with Crippen molar-refractivity contribution in [2.75, 3.05) is 26.2 Å². The Kier molecular flexibility index (Phi) is 5.56. The van der Waals surface area contributed by atoms with Gasteiger partial charge in [-0.05, 0) is 32.2 Å². The number of piperidine rings is 1. The number of hydrogen-bond donors (Lipinski definition) is 1. The number of carbonyl (C=O) groups excluding carboxylic acids is 1. The summed E-state index contributed by atoms with van der Waals surface area (Å²) in [6.45, 7) is 3.89. The minimum atomic E-state index is -0.426. The third-order valence-electron chi connectivity index (χ3n) is 5.02. The van der Waals surface area contributed by atoms with E-state index >= 15 is 0 Å². The van der Waals surface area contributed by atoms with Gasteiger partial charge in [0.15, 0.2) is 5.75 Å². The second-order valence-corrected chi connectivity index (χ2v) is 6.91. The van der Waals surface area contributed by atoms with E-state index in [-0.39, 0.29) is 17.6 Å². The van der Waals surface area contributed by atoms with Gasteiger partial charge in [-0.15, -0.1) is 0 Å². The number of hydrogen-bond acceptors (Lipinski definition) is 5. The first-order valence-corrected chi connectivity index (χ1v) is 8.95.